The normalized spacial score (nSPS) is 10.9. The number of carbonyl (C=O) groups is 1. The van der Waals surface area contributed by atoms with Gasteiger partial charge in [-0.25, -0.2) is 4.79 Å². The van der Waals surface area contributed by atoms with Gasteiger partial charge in [-0.3, -0.25) is 0 Å². The number of aryl methyl sites for hydroxylation is 1. The maximum atomic E-state index is 11.8. The number of ether oxygens (including phenoxy) is 1. The second-order valence-corrected chi connectivity index (χ2v) is 8.17. The van der Waals surface area contributed by atoms with Crippen molar-refractivity contribution in [3.63, 3.8) is 0 Å². The van der Waals surface area contributed by atoms with Crippen molar-refractivity contribution >= 4 is 16.7 Å². The fourth-order valence-electron chi connectivity index (χ4n) is 3.77. The van der Waals surface area contributed by atoms with Gasteiger partial charge in [-0.05, 0) is 64.4 Å². The van der Waals surface area contributed by atoms with Gasteiger partial charge in [-0.1, -0.05) is 74.9 Å². The highest BCUT2D eigenvalue weighted by molar-refractivity contribution is 5.91. The summed E-state index contributed by atoms with van der Waals surface area (Å²) in [7, 11) is 0. The number of rotatable bonds is 10. The van der Waals surface area contributed by atoms with E-state index in [1.807, 2.05) is 24.3 Å². The summed E-state index contributed by atoms with van der Waals surface area (Å²) in [5.41, 5.74) is 6.06. The molecule has 3 nitrogen and oxygen atoms in total. The van der Waals surface area contributed by atoms with Crippen molar-refractivity contribution in [2.75, 3.05) is 6.61 Å². The molecule has 1 N–H and O–H groups in total. The van der Waals surface area contributed by atoms with E-state index in [-0.39, 0.29) is 12.6 Å². The molecule has 0 aliphatic rings. The third-order valence-electron chi connectivity index (χ3n) is 5.60. The first-order valence-corrected chi connectivity index (χ1v) is 11.1. The van der Waals surface area contributed by atoms with Crippen LogP contribution in [-0.4, -0.2) is 17.7 Å². The highest BCUT2D eigenvalue weighted by Gasteiger charge is 2.10. The summed E-state index contributed by atoms with van der Waals surface area (Å²) in [4.78, 5) is 11.8. The first-order valence-electron chi connectivity index (χ1n) is 11.1. The van der Waals surface area contributed by atoms with Crippen LogP contribution in [0.3, 0.4) is 0 Å². The van der Waals surface area contributed by atoms with Gasteiger partial charge in [-0.2, -0.15) is 0 Å². The van der Waals surface area contributed by atoms with Crippen molar-refractivity contribution in [2.45, 2.75) is 52.6 Å². The Bertz CT molecular complexity index is 1050. The SMILES string of the molecule is C=C(C)C(=O)OCCc1cc(-c2ccc(CO)cc2)cc2ccc(CCCCC)cc12. The summed E-state index contributed by atoms with van der Waals surface area (Å²) in [6.45, 7) is 7.91. The van der Waals surface area contributed by atoms with Gasteiger partial charge in [0.05, 0.1) is 13.2 Å². The number of aliphatic hydroxyl groups excluding tert-OH is 1. The second kappa shape index (κ2) is 10.9. The Morgan fingerprint density at radius 1 is 0.935 bits per heavy atom. The summed E-state index contributed by atoms with van der Waals surface area (Å²) in [6, 6.07) is 19.1. The number of hydrogen-bond donors (Lipinski definition) is 1. The molecule has 162 valence electrons. The highest BCUT2D eigenvalue weighted by Crippen LogP contribution is 2.30. The summed E-state index contributed by atoms with van der Waals surface area (Å²) in [6.07, 6.45) is 5.38. The Kier molecular flexibility index (Phi) is 8.02. The van der Waals surface area contributed by atoms with Crippen LogP contribution < -0.4 is 0 Å². The number of carbonyl (C=O) groups excluding carboxylic acids is 1. The number of esters is 1. The summed E-state index contributed by atoms with van der Waals surface area (Å²) in [5.74, 6) is -0.347. The number of fused-ring (bicyclic) bond motifs is 1. The Morgan fingerprint density at radius 2 is 1.68 bits per heavy atom. The minimum atomic E-state index is -0.347. The van der Waals surface area contributed by atoms with Crippen molar-refractivity contribution in [3.8, 4) is 11.1 Å². The number of hydrogen-bond acceptors (Lipinski definition) is 3. The highest BCUT2D eigenvalue weighted by atomic mass is 16.5. The Labute approximate surface area is 185 Å². The predicted molar refractivity (Wildman–Crippen MR) is 128 cm³/mol. The quantitative estimate of drug-likeness (QED) is 0.236. The maximum Gasteiger partial charge on any atom is 0.333 e. The summed E-state index contributed by atoms with van der Waals surface area (Å²) >= 11 is 0. The van der Waals surface area contributed by atoms with Gasteiger partial charge in [0.15, 0.2) is 0 Å². The van der Waals surface area contributed by atoms with E-state index in [9.17, 15) is 9.90 Å². The molecule has 3 aromatic rings. The molecule has 31 heavy (non-hydrogen) atoms. The minimum absolute atomic E-state index is 0.0398. The van der Waals surface area contributed by atoms with Crippen LogP contribution in [0, 0.1) is 0 Å². The van der Waals surface area contributed by atoms with Crippen LogP contribution in [0.5, 0.6) is 0 Å². The molecule has 0 atom stereocenters. The molecule has 0 spiro atoms. The van der Waals surface area contributed by atoms with Crippen LogP contribution in [-0.2, 0) is 29.0 Å². The van der Waals surface area contributed by atoms with Crippen molar-refractivity contribution in [3.05, 3.63) is 83.4 Å². The van der Waals surface area contributed by atoms with Crippen LogP contribution in [0.15, 0.2) is 66.7 Å². The van der Waals surface area contributed by atoms with E-state index in [1.165, 1.54) is 41.2 Å². The third-order valence-corrected chi connectivity index (χ3v) is 5.60. The molecular weight excluding hydrogens is 384 g/mol. The smallest absolute Gasteiger partial charge is 0.333 e. The molecule has 0 aliphatic heterocycles. The fraction of sp³-hybridized carbons (Fsp3) is 0.321. The van der Waals surface area contributed by atoms with E-state index in [4.69, 9.17) is 4.74 Å². The van der Waals surface area contributed by atoms with Gasteiger partial charge in [0.25, 0.3) is 0 Å². The molecule has 0 saturated carbocycles. The van der Waals surface area contributed by atoms with Crippen LogP contribution in [0.4, 0.5) is 0 Å². The van der Waals surface area contributed by atoms with Crippen molar-refractivity contribution in [2.24, 2.45) is 0 Å². The van der Waals surface area contributed by atoms with Crippen LogP contribution in [0.2, 0.25) is 0 Å². The lowest BCUT2D eigenvalue weighted by Gasteiger charge is -2.13. The molecule has 0 heterocycles. The predicted octanol–water partition coefficient (Wildman–Crippen LogP) is 6.39. The lowest BCUT2D eigenvalue weighted by Crippen LogP contribution is -2.08. The van der Waals surface area contributed by atoms with Gasteiger partial charge in [-0.15, -0.1) is 0 Å². The molecule has 0 aromatic heterocycles. The molecule has 0 fully saturated rings. The molecular formula is C28H32O3. The van der Waals surface area contributed by atoms with E-state index in [2.05, 4.69) is 43.8 Å². The molecule has 0 saturated heterocycles. The lowest BCUT2D eigenvalue weighted by atomic mass is 9.93. The molecule has 3 heteroatoms. The fourth-order valence-corrected chi connectivity index (χ4v) is 3.77. The van der Waals surface area contributed by atoms with E-state index < -0.39 is 0 Å². The lowest BCUT2D eigenvalue weighted by molar-refractivity contribution is -0.138. The van der Waals surface area contributed by atoms with Crippen LogP contribution in [0.1, 0.15) is 49.8 Å². The average Bonchev–Trinajstić information content (AvgIpc) is 2.79. The topological polar surface area (TPSA) is 46.5 Å². The molecule has 0 aliphatic carbocycles. The maximum absolute atomic E-state index is 11.8. The second-order valence-electron chi connectivity index (χ2n) is 8.17. The average molecular weight is 417 g/mol. The molecule has 3 aromatic carbocycles. The van der Waals surface area contributed by atoms with Crippen LogP contribution >= 0.6 is 0 Å². The monoisotopic (exact) mass is 416 g/mol. The summed E-state index contributed by atoms with van der Waals surface area (Å²) in [5, 5.41) is 11.7. The summed E-state index contributed by atoms with van der Waals surface area (Å²) < 4.78 is 5.38. The molecule has 3 rings (SSSR count). The number of aliphatic hydroxyl groups is 1. The van der Waals surface area contributed by atoms with Gasteiger partial charge in [0, 0.05) is 12.0 Å². The molecule has 0 unspecified atom stereocenters. The van der Waals surface area contributed by atoms with E-state index in [1.54, 1.807) is 6.92 Å². The van der Waals surface area contributed by atoms with Gasteiger partial charge >= 0.3 is 5.97 Å². The van der Waals surface area contributed by atoms with E-state index in [0.29, 0.717) is 18.6 Å². The zero-order valence-electron chi connectivity index (χ0n) is 18.6. The number of benzene rings is 3. The van der Waals surface area contributed by atoms with E-state index >= 15 is 0 Å². The Balaban J connectivity index is 1.95. The largest absolute Gasteiger partial charge is 0.462 e. The van der Waals surface area contributed by atoms with Crippen molar-refractivity contribution in [1.82, 2.24) is 0 Å². The van der Waals surface area contributed by atoms with Gasteiger partial charge < -0.3 is 9.84 Å². The first kappa shape index (κ1) is 22.8. The Morgan fingerprint density at radius 3 is 2.35 bits per heavy atom. The number of unbranched alkanes of at least 4 members (excludes halogenated alkanes) is 2. The molecule has 0 radical (unpaired) electrons. The van der Waals surface area contributed by atoms with Crippen molar-refractivity contribution in [1.29, 1.82) is 0 Å². The van der Waals surface area contributed by atoms with E-state index in [0.717, 1.165) is 23.1 Å². The molecule has 0 amide bonds. The zero-order valence-corrected chi connectivity index (χ0v) is 18.6. The minimum Gasteiger partial charge on any atom is -0.462 e. The standard InChI is InChI=1S/C28H32O3/c1-4-5-6-7-21-8-13-24-17-26(23-11-9-22(19-29)10-12-23)18-25(27(24)16-21)14-15-31-28(30)20(2)3/h8-13,16-18,29H,2,4-7,14-15,19H2,1,3H3. The molecule has 0 bridgehead atoms. The first-order chi connectivity index (χ1) is 15.0. The van der Waals surface area contributed by atoms with Crippen LogP contribution in [0.25, 0.3) is 21.9 Å². The van der Waals surface area contributed by atoms with Gasteiger partial charge in [0.2, 0.25) is 0 Å². The Hall–Kier alpha value is -2.91. The zero-order chi connectivity index (χ0) is 22.2. The van der Waals surface area contributed by atoms with Gasteiger partial charge in [0.1, 0.15) is 0 Å². The third kappa shape index (κ3) is 6.05. The van der Waals surface area contributed by atoms with Crippen molar-refractivity contribution < 1.29 is 14.6 Å².